The Bertz CT molecular complexity index is 248. The molecule has 6 nitrogen and oxygen atoms in total. The Hall–Kier alpha value is -1.37. The Morgan fingerprint density at radius 2 is 1.20 bits per heavy atom. The molecular formula is C8H11O6Si. The maximum atomic E-state index is 10.7. The summed E-state index contributed by atoms with van der Waals surface area (Å²) in [5, 5.41) is 0. The molecule has 0 rings (SSSR count). The van der Waals surface area contributed by atoms with Crippen LogP contribution in [0.1, 0.15) is 20.8 Å². The van der Waals surface area contributed by atoms with Crippen molar-refractivity contribution in [2.45, 2.75) is 32.8 Å². The molecule has 0 saturated heterocycles. The molecule has 0 bridgehead atoms. The van der Waals surface area contributed by atoms with E-state index in [4.69, 9.17) is 0 Å². The smallest absolute Gasteiger partial charge is 0.305 e. The third-order valence-corrected chi connectivity index (χ3v) is 1.49. The molecule has 0 aromatic rings. The van der Waals surface area contributed by atoms with Gasteiger partial charge in [-0.05, 0) is 0 Å². The molecule has 15 heavy (non-hydrogen) atoms. The van der Waals surface area contributed by atoms with Gasteiger partial charge in [0, 0.05) is 20.8 Å². The Balaban J connectivity index is 4.38. The van der Waals surface area contributed by atoms with Gasteiger partial charge in [-0.3, -0.25) is 14.4 Å². The lowest BCUT2D eigenvalue weighted by molar-refractivity contribution is -0.201. The number of carbonyl (C=O) groups excluding carboxylic acids is 3. The predicted octanol–water partition coefficient (Wildman–Crippen LogP) is -0.504. The average molecular weight is 231 g/mol. The van der Waals surface area contributed by atoms with E-state index in [1.54, 1.807) is 0 Å². The van der Waals surface area contributed by atoms with Crippen molar-refractivity contribution in [3.63, 3.8) is 0 Å². The van der Waals surface area contributed by atoms with Crippen molar-refractivity contribution in [1.82, 2.24) is 0 Å². The van der Waals surface area contributed by atoms with Crippen molar-refractivity contribution >= 4 is 28.2 Å². The van der Waals surface area contributed by atoms with Crippen LogP contribution >= 0.6 is 0 Å². The third-order valence-electron chi connectivity index (χ3n) is 1.10. The molecule has 0 aliphatic rings. The van der Waals surface area contributed by atoms with Gasteiger partial charge in [0.1, 0.15) is 0 Å². The first-order valence-corrected chi connectivity index (χ1v) is 4.63. The molecule has 0 aliphatic carbocycles. The van der Waals surface area contributed by atoms with E-state index in [1.165, 1.54) is 6.92 Å². The number of hydrogen-bond donors (Lipinski definition) is 0. The van der Waals surface area contributed by atoms with Crippen LogP contribution in [0, 0.1) is 0 Å². The second kappa shape index (κ2) is 6.17. The average Bonchev–Trinajstić information content (AvgIpc) is 1.99. The summed E-state index contributed by atoms with van der Waals surface area (Å²) < 4.78 is 13.9. The molecule has 0 aromatic heterocycles. The van der Waals surface area contributed by atoms with Gasteiger partial charge in [0.05, 0.1) is 10.2 Å². The zero-order valence-electron chi connectivity index (χ0n) is 8.60. The van der Waals surface area contributed by atoms with Gasteiger partial charge in [-0.25, -0.2) is 0 Å². The SMILES string of the molecule is CC(=O)OC([Si])C(OC(C)=O)OC(C)=O. The molecule has 0 heterocycles. The number of esters is 3. The standard InChI is InChI=1S/C8H11O6Si/c1-4(9)12-7(13-5(2)10)8(15)14-6(3)11/h7-8H,1-3H3. The van der Waals surface area contributed by atoms with Crippen LogP contribution < -0.4 is 0 Å². The zero-order chi connectivity index (χ0) is 12.0. The Labute approximate surface area is 90.3 Å². The van der Waals surface area contributed by atoms with Gasteiger partial charge in [-0.15, -0.1) is 0 Å². The van der Waals surface area contributed by atoms with Crippen LogP contribution in [0.2, 0.25) is 0 Å². The zero-order valence-corrected chi connectivity index (χ0v) is 9.60. The van der Waals surface area contributed by atoms with Crippen LogP contribution in [0.15, 0.2) is 0 Å². The topological polar surface area (TPSA) is 78.9 Å². The van der Waals surface area contributed by atoms with Crippen molar-refractivity contribution < 1.29 is 28.6 Å². The van der Waals surface area contributed by atoms with Crippen molar-refractivity contribution in [2.24, 2.45) is 0 Å². The second-order valence-corrected chi connectivity index (χ2v) is 3.19. The first-order chi connectivity index (χ1) is 6.82. The Kier molecular flexibility index (Phi) is 5.61. The van der Waals surface area contributed by atoms with Crippen molar-refractivity contribution in [3.05, 3.63) is 0 Å². The quantitative estimate of drug-likeness (QED) is 0.368. The summed E-state index contributed by atoms with van der Waals surface area (Å²) in [5.74, 6) is -1.91. The summed E-state index contributed by atoms with van der Waals surface area (Å²) in [6, 6.07) is 0. The summed E-state index contributed by atoms with van der Waals surface area (Å²) >= 11 is 0. The molecule has 0 spiro atoms. The molecule has 1 unspecified atom stereocenters. The monoisotopic (exact) mass is 231 g/mol. The third kappa shape index (κ3) is 6.67. The van der Waals surface area contributed by atoms with Gasteiger partial charge < -0.3 is 14.2 Å². The first kappa shape index (κ1) is 13.6. The molecule has 83 valence electrons. The number of ether oxygens (including phenoxy) is 3. The Morgan fingerprint density at radius 1 is 0.867 bits per heavy atom. The fourth-order valence-electron chi connectivity index (χ4n) is 0.709. The summed E-state index contributed by atoms with van der Waals surface area (Å²) in [4.78, 5) is 31.9. The van der Waals surface area contributed by atoms with Crippen LogP contribution in [0.3, 0.4) is 0 Å². The number of rotatable bonds is 4. The highest BCUT2D eigenvalue weighted by Crippen LogP contribution is 2.04. The van der Waals surface area contributed by atoms with Crippen LogP contribution in [0.4, 0.5) is 0 Å². The highest BCUT2D eigenvalue weighted by atomic mass is 28.1. The van der Waals surface area contributed by atoms with Crippen molar-refractivity contribution in [2.75, 3.05) is 0 Å². The summed E-state index contributed by atoms with van der Waals surface area (Å²) in [5.41, 5.74) is -1.03. The van der Waals surface area contributed by atoms with Crippen LogP contribution in [0.25, 0.3) is 0 Å². The van der Waals surface area contributed by atoms with Crippen LogP contribution in [0.5, 0.6) is 0 Å². The minimum atomic E-state index is -1.29. The fourth-order valence-corrected chi connectivity index (χ4v) is 1.01. The summed E-state index contributed by atoms with van der Waals surface area (Å²) in [6.45, 7) is 3.46. The molecule has 0 aromatic carbocycles. The number of carbonyl (C=O) groups is 3. The van der Waals surface area contributed by atoms with E-state index in [0.29, 0.717) is 0 Å². The second-order valence-electron chi connectivity index (χ2n) is 2.62. The molecule has 0 aliphatic heterocycles. The lowest BCUT2D eigenvalue weighted by Gasteiger charge is -2.22. The molecule has 0 amide bonds. The summed E-state index contributed by atoms with van der Waals surface area (Å²) in [7, 11) is 2.96. The minimum Gasteiger partial charge on any atom is -0.459 e. The molecular weight excluding hydrogens is 220 g/mol. The summed E-state index contributed by atoms with van der Waals surface area (Å²) in [6.07, 6.45) is -1.29. The van der Waals surface area contributed by atoms with E-state index in [9.17, 15) is 14.4 Å². The van der Waals surface area contributed by atoms with E-state index in [1.807, 2.05) is 0 Å². The molecule has 0 N–H and O–H groups in total. The molecule has 0 saturated carbocycles. The largest absolute Gasteiger partial charge is 0.459 e. The molecule has 7 heteroatoms. The van der Waals surface area contributed by atoms with Gasteiger partial charge in [-0.1, -0.05) is 0 Å². The highest BCUT2D eigenvalue weighted by Gasteiger charge is 2.25. The van der Waals surface area contributed by atoms with Crippen LogP contribution in [-0.4, -0.2) is 40.2 Å². The van der Waals surface area contributed by atoms with E-state index in [-0.39, 0.29) is 0 Å². The molecule has 0 fully saturated rings. The van der Waals surface area contributed by atoms with Gasteiger partial charge in [-0.2, -0.15) is 0 Å². The first-order valence-electron chi connectivity index (χ1n) is 4.05. The highest BCUT2D eigenvalue weighted by molar-refractivity contribution is 6.12. The maximum Gasteiger partial charge on any atom is 0.305 e. The lowest BCUT2D eigenvalue weighted by atomic mass is 10.6. The predicted molar refractivity (Wildman–Crippen MR) is 48.6 cm³/mol. The van der Waals surface area contributed by atoms with Crippen molar-refractivity contribution in [1.29, 1.82) is 0 Å². The van der Waals surface area contributed by atoms with Gasteiger partial charge in [0.25, 0.3) is 6.29 Å². The van der Waals surface area contributed by atoms with Crippen molar-refractivity contribution in [3.8, 4) is 0 Å². The van der Waals surface area contributed by atoms with E-state index < -0.39 is 29.9 Å². The normalized spacial score (nSPS) is 11.8. The maximum absolute atomic E-state index is 10.7. The molecule has 1 atom stereocenters. The Morgan fingerprint density at radius 3 is 1.47 bits per heavy atom. The van der Waals surface area contributed by atoms with Crippen LogP contribution in [-0.2, 0) is 28.6 Å². The lowest BCUT2D eigenvalue weighted by Crippen LogP contribution is -2.38. The van der Waals surface area contributed by atoms with Gasteiger partial charge in [0.15, 0.2) is 5.73 Å². The van der Waals surface area contributed by atoms with E-state index in [2.05, 4.69) is 24.5 Å². The molecule has 3 radical (unpaired) electrons. The fraction of sp³-hybridized carbons (Fsp3) is 0.625. The van der Waals surface area contributed by atoms with Gasteiger partial charge in [0.2, 0.25) is 0 Å². The van der Waals surface area contributed by atoms with E-state index in [0.717, 1.165) is 13.8 Å². The number of hydrogen-bond acceptors (Lipinski definition) is 6. The minimum absolute atomic E-state index is 0.598. The van der Waals surface area contributed by atoms with Gasteiger partial charge >= 0.3 is 17.9 Å². The van der Waals surface area contributed by atoms with E-state index >= 15 is 0 Å².